The number of hydrogen-bond acceptors (Lipinski definition) is 3. The van der Waals surface area contributed by atoms with Crippen LogP contribution in [0.3, 0.4) is 0 Å². The summed E-state index contributed by atoms with van der Waals surface area (Å²) < 4.78 is 0. The van der Waals surface area contributed by atoms with Gasteiger partial charge in [-0.05, 0) is 25.8 Å². The summed E-state index contributed by atoms with van der Waals surface area (Å²) in [5.41, 5.74) is 1.47. The van der Waals surface area contributed by atoms with Gasteiger partial charge < -0.3 is 10.6 Å². The van der Waals surface area contributed by atoms with Crippen molar-refractivity contribution >= 4 is 11.6 Å². The summed E-state index contributed by atoms with van der Waals surface area (Å²) in [6, 6.07) is 1.96. The molecule has 0 bridgehead atoms. The predicted molar refractivity (Wildman–Crippen MR) is 74.9 cm³/mol. The first kappa shape index (κ1) is 14.5. The highest BCUT2D eigenvalue weighted by atomic mass is 16.1. The van der Waals surface area contributed by atoms with Crippen LogP contribution in [0.15, 0.2) is 18.5 Å². The molecule has 1 aromatic rings. The van der Waals surface area contributed by atoms with Crippen LogP contribution >= 0.6 is 0 Å². The van der Waals surface area contributed by atoms with E-state index in [0.717, 1.165) is 31.5 Å². The number of carbonyl (C=O) groups is 1. The highest BCUT2D eigenvalue weighted by Gasteiger charge is 2.13. The lowest BCUT2D eigenvalue weighted by molar-refractivity contribution is 0.0939. The zero-order valence-corrected chi connectivity index (χ0v) is 11.5. The van der Waals surface area contributed by atoms with Crippen LogP contribution in [0, 0.1) is 0 Å². The minimum absolute atomic E-state index is 0.0306. The fourth-order valence-electron chi connectivity index (χ4n) is 1.80. The second-order valence-corrected chi connectivity index (χ2v) is 4.51. The fraction of sp³-hybridized carbons (Fsp3) is 0.571. The summed E-state index contributed by atoms with van der Waals surface area (Å²) in [5, 5.41) is 6.23. The zero-order valence-electron chi connectivity index (χ0n) is 11.5. The third-order valence-corrected chi connectivity index (χ3v) is 2.73. The van der Waals surface area contributed by atoms with Gasteiger partial charge in [0, 0.05) is 18.8 Å². The SMILES string of the molecule is CCCNc1cnccc1C(=O)NC(C)CCC. The lowest BCUT2D eigenvalue weighted by Crippen LogP contribution is -2.32. The van der Waals surface area contributed by atoms with E-state index in [2.05, 4.69) is 29.5 Å². The quantitative estimate of drug-likeness (QED) is 0.781. The molecule has 0 spiro atoms. The van der Waals surface area contributed by atoms with E-state index in [4.69, 9.17) is 0 Å². The summed E-state index contributed by atoms with van der Waals surface area (Å²) in [4.78, 5) is 16.2. The van der Waals surface area contributed by atoms with Gasteiger partial charge in [0.2, 0.25) is 0 Å². The van der Waals surface area contributed by atoms with Crippen molar-refractivity contribution in [3.63, 3.8) is 0 Å². The minimum Gasteiger partial charge on any atom is -0.383 e. The molecule has 0 aromatic carbocycles. The van der Waals surface area contributed by atoms with Gasteiger partial charge in [0.05, 0.1) is 17.4 Å². The summed E-state index contributed by atoms with van der Waals surface area (Å²) in [6.07, 6.45) is 6.43. The molecule has 1 aromatic heterocycles. The number of nitrogens with zero attached hydrogens (tertiary/aromatic N) is 1. The monoisotopic (exact) mass is 249 g/mol. The van der Waals surface area contributed by atoms with Crippen molar-refractivity contribution in [1.29, 1.82) is 0 Å². The first-order valence-corrected chi connectivity index (χ1v) is 6.67. The van der Waals surface area contributed by atoms with Gasteiger partial charge in [-0.3, -0.25) is 9.78 Å². The van der Waals surface area contributed by atoms with Crippen LogP contribution in [0.5, 0.6) is 0 Å². The Kier molecular flexibility index (Phi) is 6.19. The van der Waals surface area contributed by atoms with Crippen molar-refractivity contribution < 1.29 is 4.79 Å². The maximum Gasteiger partial charge on any atom is 0.253 e. The van der Waals surface area contributed by atoms with Crippen molar-refractivity contribution in [1.82, 2.24) is 10.3 Å². The van der Waals surface area contributed by atoms with Crippen LogP contribution < -0.4 is 10.6 Å². The first-order chi connectivity index (χ1) is 8.69. The van der Waals surface area contributed by atoms with Gasteiger partial charge in [-0.1, -0.05) is 20.3 Å². The van der Waals surface area contributed by atoms with Crippen LogP contribution in [-0.2, 0) is 0 Å². The van der Waals surface area contributed by atoms with Crippen LogP contribution in [0.2, 0.25) is 0 Å². The Bertz CT molecular complexity index is 379. The molecule has 0 fully saturated rings. The van der Waals surface area contributed by atoms with E-state index >= 15 is 0 Å². The summed E-state index contributed by atoms with van der Waals surface area (Å²) >= 11 is 0. The van der Waals surface area contributed by atoms with E-state index in [1.165, 1.54) is 0 Å². The largest absolute Gasteiger partial charge is 0.383 e. The molecular formula is C14H23N3O. The highest BCUT2D eigenvalue weighted by Crippen LogP contribution is 2.13. The Labute approximate surface area is 109 Å². The maximum absolute atomic E-state index is 12.1. The summed E-state index contributed by atoms with van der Waals surface area (Å²) in [6.45, 7) is 7.08. The second kappa shape index (κ2) is 7.69. The molecule has 0 saturated carbocycles. The van der Waals surface area contributed by atoms with Gasteiger partial charge in [0.1, 0.15) is 0 Å². The van der Waals surface area contributed by atoms with Crippen LogP contribution in [-0.4, -0.2) is 23.5 Å². The number of nitrogens with one attached hydrogen (secondary N) is 2. The number of hydrogen-bond donors (Lipinski definition) is 2. The molecule has 0 aliphatic carbocycles. The van der Waals surface area contributed by atoms with Crippen molar-refractivity contribution in [2.75, 3.05) is 11.9 Å². The third kappa shape index (κ3) is 4.35. The van der Waals surface area contributed by atoms with Gasteiger partial charge in [0.25, 0.3) is 5.91 Å². The van der Waals surface area contributed by atoms with Crippen LogP contribution in [0.4, 0.5) is 5.69 Å². The number of aromatic nitrogens is 1. The predicted octanol–water partition coefficient (Wildman–Crippen LogP) is 2.82. The van der Waals surface area contributed by atoms with Crippen LogP contribution in [0.1, 0.15) is 50.4 Å². The van der Waals surface area contributed by atoms with Crippen molar-refractivity contribution in [2.45, 2.75) is 46.1 Å². The van der Waals surface area contributed by atoms with E-state index in [-0.39, 0.29) is 11.9 Å². The Morgan fingerprint density at radius 3 is 2.83 bits per heavy atom. The van der Waals surface area contributed by atoms with Gasteiger partial charge in [0.15, 0.2) is 0 Å². The topological polar surface area (TPSA) is 54.0 Å². The van der Waals surface area contributed by atoms with Gasteiger partial charge >= 0.3 is 0 Å². The molecule has 0 aliphatic rings. The molecule has 1 rings (SSSR count). The second-order valence-electron chi connectivity index (χ2n) is 4.51. The summed E-state index contributed by atoms with van der Waals surface area (Å²) in [5.74, 6) is -0.0306. The molecule has 0 saturated heterocycles. The third-order valence-electron chi connectivity index (χ3n) is 2.73. The molecule has 0 radical (unpaired) electrons. The van der Waals surface area contributed by atoms with E-state index in [9.17, 15) is 4.79 Å². The molecule has 1 unspecified atom stereocenters. The Hall–Kier alpha value is -1.58. The van der Waals surface area contributed by atoms with Gasteiger partial charge in [-0.15, -0.1) is 0 Å². The lowest BCUT2D eigenvalue weighted by atomic mass is 10.1. The van der Waals surface area contributed by atoms with Crippen molar-refractivity contribution in [3.05, 3.63) is 24.0 Å². The summed E-state index contributed by atoms with van der Waals surface area (Å²) in [7, 11) is 0. The van der Waals surface area contributed by atoms with E-state index < -0.39 is 0 Å². The van der Waals surface area contributed by atoms with Crippen LogP contribution in [0.25, 0.3) is 0 Å². The zero-order chi connectivity index (χ0) is 13.4. The minimum atomic E-state index is -0.0306. The Balaban J connectivity index is 2.71. The number of pyridine rings is 1. The van der Waals surface area contributed by atoms with Crippen molar-refractivity contribution in [2.24, 2.45) is 0 Å². The average molecular weight is 249 g/mol. The Morgan fingerprint density at radius 1 is 1.39 bits per heavy atom. The maximum atomic E-state index is 12.1. The van der Waals surface area contributed by atoms with Gasteiger partial charge in [-0.25, -0.2) is 0 Å². The fourth-order valence-corrected chi connectivity index (χ4v) is 1.80. The number of amides is 1. The lowest BCUT2D eigenvalue weighted by Gasteiger charge is -2.15. The first-order valence-electron chi connectivity index (χ1n) is 6.67. The van der Waals surface area contributed by atoms with E-state index in [1.807, 2.05) is 6.92 Å². The van der Waals surface area contributed by atoms with Gasteiger partial charge in [-0.2, -0.15) is 0 Å². The molecule has 4 heteroatoms. The normalized spacial score (nSPS) is 11.9. The molecule has 1 amide bonds. The number of carbonyl (C=O) groups excluding carboxylic acids is 1. The number of anilines is 1. The highest BCUT2D eigenvalue weighted by molar-refractivity contribution is 5.99. The standard InChI is InChI=1S/C14H23N3O/c1-4-6-11(3)17-14(18)12-7-9-15-10-13(12)16-8-5-2/h7,9-11,16H,4-6,8H2,1-3H3,(H,17,18). The molecule has 0 aliphatic heterocycles. The average Bonchev–Trinajstić information content (AvgIpc) is 2.36. The Morgan fingerprint density at radius 2 is 2.17 bits per heavy atom. The van der Waals surface area contributed by atoms with E-state index in [1.54, 1.807) is 18.5 Å². The molecular weight excluding hydrogens is 226 g/mol. The molecule has 4 nitrogen and oxygen atoms in total. The number of rotatable bonds is 7. The van der Waals surface area contributed by atoms with Crippen molar-refractivity contribution in [3.8, 4) is 0 Å². The smallest absolute Gasteiger partial charge is 0.253 e. The van der Waals surface area contributed by atoms with E-state index in [0.29, 0.717) is 5.56 Å². The molecule has 2 N–H and O–H groups in total. The molecule has 18 heavy (non-hydrogen) atoms. The molecule has 100 valence electrons. The molecule has 1 heterocycles. The molecule has 1 atom stereocenters.